The number of carbonyl (C=O) groups is 2. The molecule has 0 bridgehead atoms. The van der Waals surface area contributed by atoms with Crippen LogP contribution in [0.1, 0.15) is 51.9 Å². The molecule has 0 aromatic heterocycles. The average Bonchev–Trinajstić information content (AvgIpc) is 2.26. The summed E-state index contributed by atoms with van der Waals surface area (Å²) in [7, 11) is 0. The fourth-order valence-electron chi connectivity index (χ4n) is 3.21. The maximum atomic E-state index is 12.0. The molecule has 4 nitrogen and oxygen atoms in total. The van der Waals surface area contributed by atoms with Crippen LogP contribution in [0, 0.1) is 17.8 Å². The number of carbonyl (C=O) groups excluding carboxylic acids is 1. The van der Waals surface area contributed by atoms with Crippen molar-refractivity contribution < 1.29 is 14.7 Å². The van der Waals surface area contributed by atoms with E-state index in [4.69, 9.17) is 5.11 Å². The summed E-state index contributed by atoms with van der Waals surface area (Å²) in [4.78, 5) is 22.9. The molecular weight excluding hydrogens is 230 g/mol. The number of hydrogen-bond donors (Lipinski definition) is 2. The highest BCUT2D eigenvalue weighted by molar-refractivity contribution is 5.86. The number of rotatable bonds is 4. The smallest absolute Gasteiger partial charge is 0.307 e. The number of carboxylic acids is 1. The van der Waals surface area contributed by atoms with Crippen LogP contribution in [0.15, 0.2) is 0 Å². The van der Waals surface area contributed by atoms with E-state index >= 15 is 0 Å². The van der Waals surface area contributed by atoms with Crippen LogP contribution in [0.4, 0.5) is 0 Å². The third-order valence-corrected chi connectivity index (χ3v) is 4.63. The molecule has 0 aliphatic heterocycles. The van der Waals surface area contributed by atoms with E-state index in [1.54, 1.807) is 0 Å². The Kier molecular flexibility index (Phi) is 4.25. The molecule has 0 heterocycles. The van der Waals surface area contributed by atoms with E-state index in [0.717, 1.165) is 25.2 Å². The molecular formula is C14H23NO3. The Balaban J connectivity index is 1.82. The lowest BCUT2D eigenvalue weighted by Gasteiger charge is -2.35. The van der Waals surface area contributed by atoms with Gasteiger partial charge in [0, 0.05) is 6.04 Å². The Morgan fingerprint density at radius 3 is 2.44 bits per heavy atom. The number of hydrogen-bond acceptors (Lipinski definition) is 2. The van der Waals surface area contributed by atoms with Crippen molar-refractivity contribution >= 4 is 11.9 Å². The van der Waals surface area contributed by atoms with E-state index in [2.05, 4.69) is 12.2 Å². The fourth-order valence-corrected chi connectivity index (χ4v) is 3.21. The molecule has 0 spiro atoms. The lowest BCUT2D eigenvalue weighted by Crippen LogP contribution is -2.48. The molecule has 2 aliphatic rings. The molecule has 4 heteroatoms. The molecule has 1 amide bonds. The topological polar surface area (TPSA) is 66.4 Å². The Hall–Kier alpha value is -1.06. The first kappa shape index (κ1) is 13.4. The standard InChI is InChI=1S/C14H23NO3/c1-2-9-4-3-5-10(8-9)15-13(16)11-6-7-12(11)14(17)18/h9-12H,2-8H2,1H3,(H,15,16)(H,17,18). The molecule has 0 aromatic rings. The van der Waals surface area contributed by atoms with Gasteiger partial charge in [-0.05, 0) is 31.6 Å². The highest BCUT2D eigenvalue weighted by atomic mass is 16.4. The highest BCUT2D eigenvalue weighted by Crippen LogP contribution is 2.35. The summed E-state index contributed by atoms with van der Waals surface area (Å²) >= 11 is 0. The van der Waals surface area contributed by atoms with Gasteiger partial charge >= 0.3 is 5.97 Å². The third-order valence-electron chi connectivity index (χ3n) is 4.63. The minimum atomic E-state index is -0.823. The zero-order valence-electron chi connectivity index (χ0n) is 11.0. The number of nitrogens with one attached hydrogen (secondary N) is 1. The Morgan fingerprint density at radius 1 is 1.17 bits per heavy atom. The van der Waals surface area contributed by atoms with Gasteiger partial charge in [0.15, 0.2) is 0 Å². The van der Waals surface area contributed by atoms with Crippen LogP contribution in [0.25, 0.3) is 0 Å². The van der Waals surface area contributed by atoms with E-state index in [0.29, 0.717) is 6.42 Å². The van der Waals surface area contributed by atoms with Crippen molar-refractivity contribution in [1.29, 1.82) is 0 Å². The van der Waals surface area contributed by atoms with E-state index in [-0.39, 0.29) is 17.9 Å². The average molecular weight is 253 g/mol. The largest absolute Gasteiger partial charge is 0.481 e. The first-order chi connectivity index (χ1) is 8.61. The van der Waals surface area contributed by atoms with Crippen molar-refractivity contribution in [2.75, 3.05) is 0 Å². The van der Waals surface area contributed by atoms with Gasteiger partial charge in [-0.25, -0.2) is 0 Å². The predicted octanol–water partition coefficient (Wildman–Crippen LogP) is 2.18. The quantitative estimate of drug-likeness (QED) is 0.807. The van der Waals surface area contributed by atoms with Gasteiger partial charge in [0.25, 0.3) is 0 Å². The maximum Gasteiger partial charge on any atom is 0.307 e. The minimum absolute atomic E-state index is 0.0320. The van der Waals surface area contributed by atoms with E-state index in [9.17, 15) is 9.59 Å². The summed E-state index contributed by atoms with van der Waals surface area (Å²) in [5, 5.41) is 12.0. The van der Waals surface area contributed by atoms with Crippen LogP contribution in [0.5, 0.6) is 0 Å². The number of amides is 1. The van der Waals surface area contributed by atoms with Crippen molar-refractivity contribution in [1.82, 2.24) is 5.32 Å². The van der Waals surface area contributed by atoms with Gasteiger partial charge in [0.05, 0.1) is 11.8 Å². The zero-order chi connectivity index (χ0) is 13.1. The lowest BCUT2D eigenvalue weighted by molar-refractivity contribution is -0.153. The monoisotopic (exact) mass is 253 g/mol. The predicted molar refractivity (Wildman–Crippen MR) is 68.0 cm³/mol. The molecule has 2 saturated carbocycles. The van der Waals surface area contributed by atoms with Crippen LogP contribution in [0.2, 0.25) is 0 Å². The molecule has 102 valence electrons. The first-order valence-electron chi connectivity index (χ1n) is 7.15. The summed E-state index contributed by atoms with van der Waals surface area (Å²) in [6.07, 6.45) is 7.11. The molecule has 0 aromatic carbocycles. The van der Waals surface area contributed by atoms with Crippen LogP contribution in [0.3, 0.4) is 0 Å². The molecule has 0 saturated heterocycles. The summed E-state index contributed by atoms with van der Waals surface area (Å²) in [5.41, 5.74) is 0. The van der Waals surface area contributed by atoms with Crippen molar-refractivity contribution in [2.45, 2.75) is 57.9 Å². The first-order valence-corrected chi connectivity index (χ1v) is 7.15. The van der Waals surface area contributed by atoms with Crippen LogP contribution < -0.4 is 5.32 Å². The van der Waals surface area contributed by atoms with E-state index in [1.807, 2.05) is 0 Å². The second kappa shape index (κ2) is 5.72. The second-order valence-electron chi connectivity index (χ2n) is 5.77. The number of carboxylic acid groups (broad SMARTS) is 1. The normalized spacial score (nSPS) is 35.6. The van der Waals surface area contributed by atoms with Gasteiger partial charge < -0.3 is 10.4 Å². The highest BCUT2D eigenvalue weighted by Gasteiger charge is 2.42. The van der Waals surface area contributed by atoms with E-state index < -0.39 is 11.9 Å². The molecule has 18 heavy (non-hydrogen) atoms. The molecule has 4 unspecified atom stereocenters. The van der Waals surface area contributed by atoms with Crippen molar-refractivity contribution in [3.8, 4) is 0 Å². The molecule has 4 atom stereocenters. The molecule has 2 rings (SSSR count). The summed E-state index contributed by atoms with van der Waals surface area (Å²) in [5.74, 6) is -0.868. The van der Waals surface area contributed by atoms with Crippen LogP contribution in [-0.2, 0) is 9.59 Å². The fraction of sp³-hybridized carbons (Fsp3) is 0.857. The van der Waals surface area contributed by atoms with E-state index in [1.165, 1.54) is 19.3 Å². The van der Waals surface area contributed by atoms with Gasteiger partial charge in [-0.2, -0.15) is 0 Å². The van der Waals surface area contributed by atoms with Gasteiger partial charge in [0.1, 0.15) is 0 Å². The molecule has 0 radical (unpaired) electrons. The van der Waals surface area contributed by atoms with Crippen molar-refractivity contribution in [3.63, 3.8) is 0 Å². The Labute approximate surface area is 108 Å². The summed E-state index contributed by atoms with van der Waals surface area (Å²) < 4.78 is 0. The van der Waals surface area contributed by atoms with Gasteiger partial charge in [-0.1, -0.05) is 26.2 Å². The van der Waals surface area contributed by atoms with Crippen LogP contribution in [-0.4, -0.2) is 23.0 Å². The third kappa shape index (κ3) is 2.85. The molecule has 2 fully saturated rings. The molecule has 2 N–H and O–H groups in total. The van der Waals surface area contributed by atoms with Gasteiger partial charge in [0.2, 0.25) is 5.91 Å². The Bertz CT molecular complexity index is 329. The minimum Gasteiger partial charge on any atom is -0.481 e. The summed E-state index contributed by atoms with van der Waals surface area (Å²) in [6, 6.07) is 0.270. The van der Waals surface area contributed by atoms with Crippen molar-refractivity contribution in [3.05, 3.63) is 0 Å². The van der Waals surface area contributed by atoms with Crippen LogP contribution >= 0.6 is 0 Å². The SMILES string of the molecule is CCC1CCCC(NC(=O)C2CCC2C(=O)O)C1. The molecule has 2 aliphatic carbocycles. The number of aliphatic carboxylic acids is 1. The zero-order valence-corrected chi connectivity index (χ0v) is 11.0. The van der Waals surface area contributed by atoms with Gasteiger partial charge in [-0.15, -0.1) is 0 Å². The van der Waals surface area contributed by atoms with Crippen molar-refractivity contribution in [2.24, 2.45) is 17.8 Å². The lowest BCUT2D eigenvalue weighted by atomic mass is 9.73. The van der Waals surface area contributed by atoms with Gasteiger partial charge in [-0.3, -0.25) is 9.59 Å². The maximum absolute atomic E-state index is 12.0. The second-order valence-corrected chi connectivity index (χ2v) is 5.77. The summed E-state index contributed by atoms with van der Waals surface area (Å²) in [6.45, 7) is 2.20. The Morgan fingerprint density at radius 2 is 1.89 bits per heavy atom.